The first-order chi connectivity index (χ1) is 8.66. The number of aromatic nitrogens is 1. The molecule has 0 radical (unpaired) electrons. The molecule has 0 saturated carbocycles. The van der Waals surface area contributed by atoms with Gasteiger partial charge >= 0.3 is 0 Å². The van der Waals surface area contributed by atoms with Gasteiger partial charge in [0, 0.05) is 18.3 Å². The molecule has 98 valence electrons. The molecule has 1 saturated heterocycles. The number of amides is 1. The molecule has 1 aliphatic rings. The average Bonchev–Trinajstić information content (AvgIpc) is 2.81. The van der Waals surface area contributed by atoms with Crippen LogP contribution in [-0.2, 0) is 0 Å². The maximum Gasteiger partial charge on any atom is 0.260 e. The molecule has 5 heteroatoms. The zero-order valence-electron chi connectivity index (χ0n) is 10.6. The van der Waals surface area contributed by atoms with Gasteiger partial charge in [-0.15, -0.1) is 0 Å². The highest BCUT2D eigenvalue weighted by atomic mass is 16.2. The minimum Gasteiger partial charge on any atom is -0.352 e. The molecule has 18 heavy (non-hydrogen) atoms. The van der Waals surface area contributed by atoms with Gasteiger partial charge in [0.05, 0.1) is 0 Å². The van der Waals surface area contributed by atoms with Gasteiger partial charge in [-0.3, -0.25) is 9.59 Å². The predicted molar refractivity (Wildman–Crippen MR) is 69.8 cm³/mol. The number of H-pyrrole nitrogens is 1. The van der Waals surface area contributed by atoms with E-state index in [0.717, 1.165) is 18.7 Å². The fourth-order valence-corrected chi connectivity index (χ4v) is 2.21. The highest BCUT2D eigenvalue weighted by Crippen LogP contribution is 2.07. The predicted octanol–water partition coefficient (Wildman–Crippen LogP) is 0.555. The maximum atomic E-state index is 11.8. The first-order valence-electron chi connectivity index (χ1n) is 6.38. The SMILES string of the molecule is Cc1ccc(C(=O)NCC[C@@H]2CCCN2)c(=O)[nH]1. The van der Waals surface area contributed by atoms with Crippen molar-refractivity contribution in [3.05, 3.63) is 33.7 Å². The molecule has 1 aromatic rings. The van der Waals surface area contributed by atoms with E-state index in [1.54, 1.807) is 19.1 Å². The van der Waals surface area contributed by atoms with E-state index in [1.165, 1.54) is 12.8 Å². The van der Waals surface area contributed by atoms with E-state index in [-0.39, 0.29) is 17.0 Å². The van der Waals surface area contributed by atoms with Gasteiger partial charge in [0.1, 0.15) is 5.56 Å². The molecule has 0 spiro atoms. The summed E-state index contributed by atoms with van der Waals surface area (Å²) >= 11 is 0. The molecule has 1 amide bonds. The molecular formula is C13H19N3O2. The lowest BCUT2D eigenvalue weighted by atomic mass is 10.1. The van der Waals surface area contributed by atoms with Crippen LogP contribution in [0.1, 0.15) is 35.3 Å². The Kier molecular flexibility index (Phi) is 4.15. The molecular weight excluding hydrogens is 230 g/mol. The van der Waals surface area contributed by atoms with E-state index in [2.05, 4.69) is 15.6 Å². The molecule has 3 N–H and O–H groups in total. The largest absolute Gasteiger partial charge is 0.352 e. The van der Waals surface area contributed by atoms with Crippen LogP contribution >= 0.6 is 0 Å². The van der Waals surface area contributed by atoms with Crippen molar-refractivity contribution >= 4 is 5.91 Å². The summed E-state index contributed by atoms with van der Waals surface area (Å²) in [5.74, 6) is -0.297. The third kappa shape index (κ3) is 3.20. The summed E-state index contributed by atoms with van der Waals surface area (Å²) in [6.45, 7) is 3.45. The first-order valence-corrected chi connectivity index (χ1v) is 6.38. The number of aromatic amines is 1. The van der Waals surface area contributed by atoms with E-state index in [0.29, 0.717) is 12.6 Å². The monoisotopic (exact) mass is 249 g/mol. The van der Waals surface area contributed by atoms with Crippen LogP contribution in [0.2, 0.25) is 0 Å². The van der Waals surface area contributed by atoms with Gasteiger partial charge in [-0.2, -0.15) is 0 Å². The van der Waals surface area contributed by atoms with Crippen LogP contribution in [0.15, 0.2) is 16.9 Å². The Morgan fingerprint density at radius 2 is 2.33 bits per heavy atom. The van der Waals surface area contributed by atoms with Gasteiger partial charge in [0.2, 0.25) is 0 Å². The van der Waals surface area contributed by atoms with Crippen LogP contribution in [0.4, 0.5) is 0 Å². The van der Waals surface area contributed by atoms with Crippen molar-refractivity contribution in [2.24, 2.45) is 0 Å². The summed E-state index contributed by atoms with van der Waals surface area (Å²) in [7, 11) is 0. The van der Waals surface area contributed by atoms with Crippen LogP contribution < -0.4 is 16.2 Å². The van der Waals surface area contributed by atoms with Crippen LogP contribution in [-0.4, -0.2) is 30.0 Å². The van der Waals surface area contributed by atoms with Crippen molar-refractivity contribution in [2.75, 3.05) is 13.1 Å². The molecule has 1 aromatic heterocycles. The standard InChI is InChI=1S/C13H19N3O2/c1-9-4-5-11(13(18)16-9)12(17)15-8-6-10-3-2-7-14-10/h4-5,10,14H,2-3,6-8H2,1H3,(H,15,17)(H,16,18)/t10-/m0/s1. The Balaban J connectivity index is 1.85. The Hall–Kier alpha value is -1.62. The number of pyridine rings is 1. The van der Waals surface area contributed by atoms with Gasteiger partial charge in [0.25, 0.3) is 11.5 Å². The van der Waals surface area contributed by atoms with Crippen LogP contribution in [0.5, 0.6) is 0 Å². The summed E-state index contributed by atoms with van der Waals surface area (Å²) in [5.41, 5.74) is 0.609. The Morgan fingerprint density at radius 3 is 3.00 bits per heavy atom. The molecule has 1 aliphatic heterocycles. The summed E-state index contributed by atoms with van der Waals surface area (Å²) in [4.78, 5) is 26.0. The number of hydrogen-bond acceptors (Lipinski definition) is 3. The zero-order valence-corrected chi connectivity index (χ0v) is 10.6. The molecule has 0 aromatic carbocycles. The highest BCUT2D eigenvalue weighted by molar-refractivity contribution is 5.93. The zero-order chi connectivity index (χ0) is 13.0. The van der Waals surface area contributed by atoms with Gasteiger partial charge < -0.3 is 15.6 Å². The van der Waals surface area contributed by atoms with Crippen LogP contribution in [0, 0.1) is 6.92 Å². The second-order valence-corrected chi connectivity index (χ2v) is 4.72. The van der Waals surface area contributed by atoms with Crippen molar-refractivity contribution < 1.29 is 4.79 Å². The molecule has 1 fully saturated rings. The molecule has 2 rings (SSSR count). The quantitative estimate of drug-likeness (QED) is 0.729. The minimum absolute atomic E-state index is 0.181. The van der Waals surface area contributed by atoms with Crippen molar-refractivity contribution in [1.82, 2.24) is 15.6 Å². The number of aryl methyl sites for hydroxylation is 1. The van der Waals surface area contributed by atoms with Gasteiger partial charge in [-0.1, -0.05) is 0 Å². The molecule has 1 atom stereocenters. The first kappa shape index (κ1) is 12.8. The second kappa shape index (κ2) is 5.82. The van der Waals surface area contributed by atoms with Crippen molar-refractivity contribution in [3.63, 3.8) is 0 Å². The smallest absolute Gasteiger partial charge is 0.260 e. The van der Waals surface area contributed by atoms with E-state index >= 15 is 0 Å². The number of nitrogens with one attached hydrogen (secondary N) is 3. The minimum atomic E-state index is -0.327. The Bertz CT molecular complexity index is 475. The average molecular weight is 249 g/mol. The van der Waals surface area contributed by atoms with E-state index in [4.69, 9.17) is 0 Å². The molecule has 0 bridgehead atoms. The summed E-state index contributed by atoms with van der Waals surface area (Å²) in [5, 5.41) is 6.16. The topological polar surface area (TPSA) is 74.0 Å². The Morgan fingerprint density at radius 1 is 1.50 bits per heavy atom. The highest BCUT2D eigenvalue weighted by Gasteiger charge is 2.14. The summed E-state index contributed by atoms with van der Waals surface area (Å²) in [6.07, 6.45) is 3.28. The van der Waals surface area contributed by atoms with Crippen LogP contribution in [0.25, 0.3) is 0 Å². The van der Waals surface area contributed by atoms with Gasteiger partial charge in [-0.25, -0.2) is 0 Å². The van der Waals surface area contributed by atoms with E-state index < -0.39 is 0 Å². The molecule has 0 aliphatic carbocycles. The lowest BCUT2D eigenvalue weighted by molar-refractivity contribution is 0.0951. The van der Waals surface area contributed by atoms with Crippen LogP contribution in [0.3, 0.4) is 0 Å². The number of rotatable bonds is 4. The van der Waals surface area contributed by atoms with Gasteiger partial charge in [-0.05, 0) is 44.9 Å². The molecule has 2 heterocycles. The van der Waals surface area contributed by atoms with Crippen molar-refractivity contribution in [3.8, 4) is 0 Å². The number of carbonyl (C=O) groups excluding carboxylic acids is 1. The fraction of sp³-hybridized carbons (Fsp3) is 0.538. The van der Waals surface area contributed by atoms with Gasteiger partial charge in [0.15, 0.2) is 0 Å². The van der Waals surface area contributed by atoms with Crippen molar-refractivity contribution in [1.29, 1.82) is 0 Å². The fourth-order valence-electron chi connectivity index (χ4n) is 2.21. The Labute approximate surface area is 106 Å². The molecule has 5 nitrogen and oxygen atoms in total. The maximum absolute atomic E-state index is 11.8. The second-order valence-electron chi connectivity index (χ2n) is 4.72. The number of carbonyl (C=O) groups is 1. The third-order valence-electron chi connectivity index (χ3n) is 3.24. The third-order valence-corrected chi connectivity index (χ3v) is 3.24. The van der Waals surface area contributed by atoms with E-state index in [9.17, 15) is 9.59 Å². The van der Waals surface area contributed by atoms with E-state index in [1.807, 2.05) is 0 Å². The summed E-state index contributed by atoms with van der Waals surface area (Å²) in [6, 6.07) is 3.80. The molecule has 0 unspecified atom stereocenters. The lowest BCUT2D eigenvalue weighted by Gasteiger charge is -2.10. The normalized spacial score (nSPS) is 18.8. The summed E-state index contributed by atoms with van der Waals surface area (Å²) < 4.78 is 0. The van der Waals surface area contributed by atoms with Crippen molar-refractivity contribution in [2.45, 2.75) is 32.2 Å². The number of hydrogen-bond donors (Lipinski definition) is 3. The lowest BCUT2D eigenvalue weighted by Crippen LogP contribution is -2.33.